The number of hydrogen-bond acceptors (Lipinski definition) is 10. The van der Waals surface area contributed by atoms with Gasteiger partial charge in [0, 0.05) is 109 Å². The standard InChI is InChI=1S/C48H54Cl2N10O6/c1-2-32-34(26-56-47(51)43(32)29-9-12-31(62)13-10-29)30-11-14-39(55-25-30)48(66)54-19-15-41(64)52-18-7-5-3-4-6-8-40(63)53-20-23-60-22-17-38(58-60)33-24-36(49)45(50)46-44(33)35-27-59(42(65)28-61)21-16-37(35)57-46/h9-14,17,22,24-26,57,61-62H,2-8,15-16,18-21,23,27-28H2,1H3,(H2,51,56)(H,52,64)(H,53,63)(H,54,66). The van der Waals surface area contributed by atoms with Crippen LogP contribution in [0.15, 0.2) is 67.1 Å². The number of phenols is 1. The predicted molar refractivity (Wildman–Crippen MR) is 255 cm³/mol. The summed E-state index contributed by atoms with van der Waals surface area (Å²) in [6, 6.07) is 13.9. The van der Waals surface area contributed by atoms with Crippen LogP contribution in [0.3, 0.4) is 0 Å². The van der Waals surface area contributed by atoms with Crippen LogP contribution in [-0.4, -0.2) is 96.3 Å². The summed E-state index contributed by atoms with van der Waals surface area (Å²) in [7, 11) is 0. The molecule has 66 heavy (non-hydrogen) atoms. The summed E-state index contributed by atoms with van der Waals surface area (Å²) in [6.07, 6.45) is 11.3. The maximum Gasteiger partial charge on any atom is 0.269 e. The number of unbranched alkanes of at least 4 members (excludes halogenated alkanes) is 4. The molecule has 2 aromatic carbocycles. The third kappa shape index (κ3) is 11.3. The second-order valence-corrected chi connectivity index (χ2v) is 17.0. The Morgan fingerprint density at radius 2 is 1.59 bits per heavy atom. The Kier molecular flexibility index (Phi) is 15.9. The number of amides is 4. The van der Waals surface area contributed by atoms with Gasteiger partial charge in [-0.2, -0.15) is 5.10 Å². The summed E-state index contributed by atoms with van der Waals surface area (Å²) in [5.41, 5.74) is 14.8. The van der Waals surface area contributed by atoms with Crippen LogP contribution in [0, 0.1) is 0 Å². The highest BCUT2D eigenvalue weighted by Crippen LogP contribution is 2.42. The average Bonchev–Trinajstić information content (AvgIpc) is 3.96. The van der Waals surface area contributed by atoms with Gasteiger partial charge in [-0.05, 0) is 60.7 Å². The number of aromatic amines is 1. The van der Waals surface area contributed by atoms with Crippen molar-refractivity contribution < 1.29 is 29.4 Å². The van der Waals surface area contributed by atoms with E-state index < -0.39 is 6.61 Å². The van der Waals surface area contributed by atoms with Crippen LogP contribution in [0.5, 0.6) is 5.75 Å². The Labute approximate surface area is 392 Å². The average molecular weight is 938 g/mol. The van der Waals surface area contributed by atoms with Crippen molar-refractivity contribution in [2.75, 3.05) is 38.5 Å². The van der Waals surface area contributed by atoms with E-state index in [4.69, 9.17) is 34.0 Å². The molecular formula is C48H54Cl2N10O6. The van der Waals surface area contributed by atoms with Crippen molar-refractivity contribution in [2.45, 2.75) is 77.8 Å². The highest BCUT2D eigenvalue weighted by molar-refractivity contribution is 6.45. The number of aromatic nitrogens is 5. The molecule has 7 rings (SSSR count). The number of nitrogens with one attached hydrogen (secondary N) is 4. The first kappa shape index (κ1) is 47.5. The fourth-order valence-electron chi connectivity index (χ4n) is 8.34. The van der Waals surface area contributed by atoms with Gasteiger partial charge in [-0.15, -0.1) is 0 Å². The van der Waals surface area contributed by atoms with Crippen LogP contribution in [0.4, 0.5) is 5.82 Å². The summed E-state index contributed by atoms with van der Waals surface area (Å²) in [5.74, 6) is -0.334. The molecule has 0 bridgehead atoms. The third-order valence-corrected chi connectivity index (χ3v) is 12.6. The molecule has 8 N–H and O–H groups in total. The summed E-state index contributed by atoms with van der Waals surface area (Å²) < 4.78 is 1.76. The molecule has 1 aliphatic heterocycles. The molecule has 4 amide bonds. The van der Waals surface area contributed by atoms with Crippen molar-refractivity contribution >= 4 is 63.6 Å². The molecule has 0 saturated heterocycles. The number of pyridine rings is 2. The van der Waals surface area contributed by atoms with Gasteiger partial charge in [-0.3, -0.25) is 28.8 Å². The molecule has 1 aliphatic rings. The number of H-pyrrole nitrogens is 1. The highest BCUT2D eigenvalue weighted by Gasteiger charge is 2.27. The lowest BCUT2D eigenvalue weighted by molar-refractivity contribution is -0.135. The molecule has 0 fully saturated rings. The molecule has 0 spiro atoms. The molecule has 0 radical (unpaired) electrons. The molecule has 16 nitrogen and oxygen atoms in total. The number of aromatic hydroxyl groups is 1. The minimum Gasteiger partial charge on any atom is -0.508 e. The molecule has 4 aromatic heterocycles. The van der Waals surface area contributed by atoms with Crippen LogP contribution < -0.4 is 21.7 Å². The van der Waals surface area contributed by atoms with E-state index in [2.05, 4.69) is 30.9 Å². The highest BCUT2D eigenvalue weighted by atomic mass is 35.5. The summed E-state index contributed by atoms with van der Waals surface area (Å²) in [5, 5.41) is 34.2. The number of phenolic OH excluding ortho intramolecular Hbond substituents is 1. The number of rotatable bonds is 20. The maximum absolute atomic E-state index is 12.8. The van der Waals surface area contributed by atoms with Crippen LogP contribution in [0.2, 0.25) is 10.0 Å². The number of carbonyl (C=O) groups excluding carboxylic acids is 4. The number of aliphatic hydroxyl groups is 1. The van der Waals surface area contributed by atoms with Gasteiger partial charge >= 0.3 is 0 Å². The summed E-state index contributed by atoms with van der Waals surface area (Å²) in [6.45, 7) is 3.90. The van der Waals surface area contributed by atoms with Crippen molar-refractivity contribution in [1.29, 1.82) is 0 Å². The second-order valence-electron chi connectivity index (χ2n) is 16.2. The van der Waals surface area contributed by atoms with E-state index in [1.807, 2.05) is 25.3 Å². The van der Waals surface area contributed by atoms with E-state index in [0.29, 0.717) is 79.1 Å². The van der Waals surface area contributed by atoms with Gasteiger partial charge in [-0.25, -0.2) is 4.98 Å². The van der Waals surface area contributed by atoms with Crippen molar-refractivity contribution in [1.82, 2.24) is 45.6 Å². The van der Waals surface area contributed by atoms with Gasteiger partial charge in [0.2, 0.25) is 17.7 Å². The Balaban J connectivity index is 0.756. The number of anilines is 1. The summed E-state index contributed by atoms with van der Waals surface area (Å²) in [4.78, 5) is 63.8. The Bertz CT molecular complexity index is 2700. The van der Waals surface area contributed by atoms with Crippen molar-refractivity contribution in [2.24, 2.45) is 0 Å². The molecule has 0 unspecified atom stereocenters. The minimum absolute atomic E-state index is 0.0239. The number of nitrogens with two attached hydrogens (primary N) is 1. The van der Waals surface area contributed by atoms with Gasteiger partial charge in [-0.1, -0.05) is 67.6 Å². The molecule has 6 aromatic rings. The molecule has 0 aliphatic carbocycles. The van der Waals surface area contributed by atoms with Gasteiger partial charge in [0.15, 0.2) is 0 Å². The SMILES string of the molecule is CCc1c(-c2ccc(C(=O)NCCC(=O)NCCCCCCCC(=O)NCCn3ccc(-c4cc(Cl)c(Cl)c5[nH]c6c(c45)CN(C(=O)CO)CC6)n3)nc2)cnc(N)c1-c1ccc(O)cc1. The largest absolute Gasteiger partial charge is 0.508 e. The lowest BCUT2D eigenvalue weighted by Gasteiger charge is -2.26. The van der Waals surface area contributed by atoms with E-state index in [0.717, 1.165) is 82.1 Å². The second kappa shape index (κ2) is 22.1. The van der Waals surface area contributed by atoms with Crippen molar-refractivity contribution in [3.05, 3.63) is 99.7 Å². The number of halogens is 2. The first-order valence-electron chi connectivity index (χ1n) is 22.2. The molecule has 346 valence electrons. The molecule has 0 saturated carbocycles. The van der Waals surface area contributed by atoms with Gasteiger partial charge in [0.25, 0.3) is 5.91 Å². The Morgan fingerprint density at radius 3 is 2.35 bits per heavy atom. The van der Waals surface area contributed by atoms with Crippen molar-refractivity contribution in [3.63, 3.8) is 0 Å². The number of nitrogen functional groups attached to an aromatic ring is 1. The monoisotopic (exact) mass is 936 g/mol. The lowest BCUT2D eigenvalue weighted by atomic mass is 9.92. The Morgan fingerprint density at radius 1 is 0.848 bits per heavy atom. The normalized spacial score (nSPS) is 12.3. The smallest absolute Gasteiger partial charge is 0.269 e. The predicted octanol–water partition coefficient (Wildman–Crippen LogP) is 6.58. The first-order chi connectivity index (χ1) is 31.9. The molecule has 0 atom stereocenters. The van der Waals surface area contributed by atoms with Gasteiger partial charge < -0.3 is 41.8 Å². The molecule has 5 heterocycles. The van der Waals surface area contributed by atoms with E-state index in [9.17, 15) is 29.4 Å². The lowest BCUT2D eigenvalue weighted by Crippen LogP contribution is -2.37. The van der Waals surface area contributed by atoms with Crippen LogP contribution in [-0.2, 0) is 40.3 Å². The number of benzene rings is 2. The first-order valence-corrected chi connectivity index (χ1v) is 23.0. The third-order valence-electron chi connectivity index (χ3n) is 11.8. The zero-order chi connectivity index (χ0) is 46.7. The van der Waals surface area contributed by atoms with Crippen LogP contribution in [0.1, 0.15) is 79.2 Å². The fourth-order valence-corrected chi connectivity index (χ4v) is 8.74. The van der Waals surface area contributed by atoms with Crippen molar-refractivity contribution in [3.8, 4) is 39.3 Å². The zero-order valence-electron chi connectivity index (χ0n) is 36.8. The zero-order valence-corrected chi connectivity index (χ0v) is 38.3. The summed E-state index contributed by atoms with van der Waals surface area (Å²) >= 11 is 13.1. The molecule has 18 heteroatoms. The quantitative estimate of drug-likeness (QED) is 0.0406. The minimum atomic E-state index is -0.550. The fraction of sp³-hybridized carbons (Fsp3) is 0.354. The van der Waals surface area contributed by atoms with Gasteiger partial charge in [0.1, 0.15) is 23.9 Å². The van der Waals surface area contributed by atoms with Crippen LogP contribution >= 0.6 is 23.2 Å². The van der Waals surface area contributed by atoms with Crippen LogP contribution in [0.25, 0.3) is 44.4 Å². The number of fused-ring (bicyclic) bond motifs is 3. The number of nitrogens with zero attached hydrogens (tertiary/aromatic N) is 5. The van der Waals surface area contributed by atoms with E-state index in [1.165, 1.54) is 0 Å². The van der Waals surface area contributed by atoms with Gasteiger partial charge in [0.05, 0.1) is 27.8 Å². The molecular weight excluding hydrogens is 883 g/mol. The topological polar surface area (TPSA) is 233 Å². The van der Waals surface area contributed by atoms with E-state index in [-0.39, 0.29) is 48.0 Å². The van der Waals surface area contributed by atoms with E-state index in [1.54, 1.807) is 58.4 Å². The number of hydrogen-bond donors (Lipinski definition) is 7. The Hall–Kier alpha value is -6.49. The number of carbonyl (C=O) groups is 4. The maximum atomic E-state index is 12.8. The number of aliphatic hydroxyl groups excluding tert-OH is 1. The van der Waals surface area contributed by atoms with E-state index >= 15 is 0 Å².